The summed E-state index contributed by atoms with van der Waals surface area (Å²) in [6.07, 6.45) is 3.41. The van der Waals surface area contributed by atoms with E-state index in [9.17, 15) is 14.9 Å². The average molecular weight is 590 g/mol. The maximum absolute atomic E-state index is 14.0. The Labute approximate surface area is 250 Å². The monoisotopic (exact) mass is 589 g/mol. The van der Waals surface area contributed by atoms with E-state index in [1.165, 1.54) is 23.0 Å². The summed E-state index contributed by atoms with van der Waals surface area (Å²) >= 11 is 1.33. The number of furan rings is 1. The summed E-state index contributed by atoms with van der Waals surface area (Å²) < 4.78 is 13.8. The number of aromatic nitrogens is 1. The molecule has 0 spiro atoms. The summed E-state index contributed by atoms with van der Waals surface area (Å²) in [4.78, 5) is 30.9. The topological polar surface area (TPSA) is 99.9 Å². The number of benzene rings is 3. The highest BCUT2D eigenvalue weighted by Gasteiger charge is 2.32. The molecule has 0 N–H and O–H groups in total. The third-order valence-corrected chi connectivity index (χ3v) is 9.31. The van der Waals surface area contributed by atoms with Crippen molar-refractivity contribution in [3.05, 3.63) is 142 Å². The molecule has 0 amide bonds. The van der Waals surface area contributed by atoms with Gasteiger partial charge in [0.25, 0.3) is 11.2 Å². The molecule has 0 fully saturated rings. The fourth-order valence-electron chi connectivity index (χ4n) is 6.00. The highest BCUT2D eigenvalue weighted by atomic mass is 32.1. The lowest BCUT2D eigenvalue weighted by atomic mass is 9.83. The fraction of sp³-hybridized carbons (Fsp3) is 0.176. The fourth-order valence-corrected chi connectivity index (χ4v) is 6.98. The van der Waals surface area contributed by atoms with Crippen LogP contribution in [0.3, 0.4) is 0 Å². The maximum Gasteiger partial charge on any atom is 0.273 e. The van der Waals surface area contributed by atoms with Crippen molar-refractivity contribution in [3.8, 4) is 17.1 Å². The number of hydrogen-bond donors (Lipinski definition) is 0. The molecule has 214 valence electrons. The van der Waals surface area contributed by atoms with Crippen LogP contribution in [-0.4, -0.2) is 16.6 Å². The molecular formula is C34H27N3O5S. The van der Waals surface area contributed by atoms with Crippen LogP contribution < -0.4 is 19.6 Å². The van der Waals surface area contributed by atoms with Gasteiger partial charge < -0.3 is 9.15 Å². The molecule has 7 rings (SSSR count). The molecule has 3 aromatic carbocycles. The van der Waals surface area contributed by atoms with Gasteiger partial charge in [-0.3, -0.25) is 19.5 Å². The van der Waals surface area contributed by atoms with E-state index < -0.39 is 0 Å². The maximum atomic E-state index is 14.0. The van der Waals surface area contributed by atoms with Crippen LogP contribution in [-0.2, 0) is 6.42 Å². The van der Waals surface area contributed by atoms with Crippen molar-refractivity contribution in [2.45, 2.75) is 32.7 Å². The molecule has 43 heavy (non-hydrogen) atoms. The molecule has 8 nitrogen and oxygen atoms in total. The van der Waals surface area contributed by atoms with Crippen LogP contribution in [0.15, 0.2) is 92.6 Å². The highest BCUT2D eigenvalue weighted by molar-refractivity contribution is 7.07. The molecule has 0 saturated heterocycles. The Morgan fingerprint density at radius 2 is 1.86 bits per heavy atom. The van der Waals surface area contributed by atoms with Crippen LogP contribution in [0.25, 0.3) is 23.1 Å². The van der Waals surface area contributed by atoms with Crippen LogP contribution in [0.2, 0.25) is 0 Å². The minimum absolute atomic E-state index is 0.0466. The summed E-state index contributed by atoms with van der Waals surface area (Å²) in [5, 5.41) is 11.6. The molecule has 0 radical (unpaired) electrons. The summed E-state index contributed by atoms with van der Waals surface area (Å²) in [7, 11) is 1.64. The van der Waals surface area contributed by atoms with E-state index in [1.807, 2.05) is 43.3 Å². The Morgan fingerprint density at radius 3 is 2.63 bits per heavy atom. The zero-order valence-corrected chi connectivity index (χ0v) is 24.6. The van der Waals surface area contributed by atoms with Crippen molar-refractivity contribution >= 4 is 28.8 Å². The standard InChI is InChI=1S/C34H27N3O5S/c1-19-16-23(17-28(20(19)2)37(39)40)29-15-13-25(42-29)18-30-33(38)36-32(22-8-11-24(41-3)12-9-22)27-14-10-21-6-4-5-7-26(21)31(27)35-34(36)43-30/h4-9,11-13,15-18,32H,10,14H2,1-3H3/b30-18-/t32-/m0/s1. The van der Waals surface area contributed by atoms with Gasteiger partial charge in [-0.2, -0.15) is 0 Å². The second-order valence-corrected chi connectivity index (χ2v) is 11.8. The van der Waals surface area contributed by atoms with Crippen molar-refractivity contribution in [1.29, 1.82) is 0 Å². The molecular weight excluding hydrogens is 562 g/mol. The molecule has 1 aliphatic heterocycles. The van der Waals surface area contributed by atoms with E-state index in [0.29, 0.717) is 32.0 Å². The van der Waals surface area contributed by atoms with E-state index >= 15 is 0 Å². The number of thiazole rings is 1. The van der Waals surface area contributed by atoms with Crippen LogP contribution in [0.4, 0.5) is 5.69 Å². The average Bonchev–Trinajstić information content (AvgIpc) is 3.61. The Morgan fingerprint density at radius 1 is 1.07 bits per heavy atom. The van der Waals surface area contributed by atoms with Crippen LogP contribution in [0.5, 0.6) is 5.75 Å². The number of nitro benzene ring substituents is 1. The molecule has 1 aliphatic carbocycles. The Hall–Kier alpha value is -5.02. The van der Waals surface area contributed by atoms with Crippen LogP contribution in [0.1, 0.15) is 46.0 Å². The van der Waals surface area contributed by atoms with Gasteiger partial charge in [0.1, 0.15) is 17.3 Å². The lowest BCUT2D eigenvalue weighted by Crippen LogP contribution is -2.38. The summed E-state index contributed by atoms with van der Waals surface area (Å²) in [5.41, 5.74) is 7.36. The van der Waals surface area contributed by atoms with E-state index in [1.54, 1.807) is 36.8 Å². The predicted octanol–water partition coefficient (Wildman–Crippen LogP) is 6.11. The van der Waals surface area contributed by atoms with E-state index in [-0.39, 0.29) is 22.2 Å². The normalized spacial score (nSPS) is 15.9. The third kappa shape index (κ3) is 4.53. The first kappa shape index (κ1) is 26.9. The molecule has 0 bridgehead atoms. The van der Waals surface area contributed by atoms with Crippen LogP contribution >= 0.6 is 11.3 Å². The van der Waals surface area contributed by atoms with Gasteiger partial charge in [-0.15, -0.1) is 0 Å². The molecule has 0 saturated carbocycles. The highest BCUT2D eigenvalue weighted by Crippen LogP contribution is 2.41. The van der Waals surface area contributed by atoms with Gasteiger partial charge in [0.05, 0.1) is 28.3 Å². The van der Waals surface area contributed by atoms with Crippen molar-refractivity contribution < 1.29 is 14.1 Å². The van der Waals surface area contributed by atoms with Crippen molar-refractivity contribution in [3.63, 3.8) is 0 Å². The predicted molar refractivity (Wildman–Crippen MR) is 166 cm³/mol. The van der Waals surface area contributed by atoms with Crippen molar-refractivity contribution in [2.24, 2.45) is 4.99 Å². The van der Waals surface area contributed by atoms with Gasteiger partial charge in [0.15, 0.2) is 4.80 Å². The van der Waals surface area contributed by atoms with Gasteiger partial charge in [-0.25, -0.2) is 4.99 Å². The first-order valence-electron chi connectivity index (χ1n) is 14.0. The lowest BCUT2D eigenvalue weighted by molar-refractivity contribution is -0.385. The second kappa shape index (κ2) is 10.4. The number of ether oxygens (including phenoxy) is 1. The molecule has 0 unspecified atom stereocenters. The molecule has 2 aromatic heterocycles. The molecule has 2 aliphatic rings. The van der Waals surface area contributed by atoms with Gasteiger partial charge in [-0.05, 0) is 79.3 Å². The smallest absolute Gasteiger partial charge is 0.273 e. The molecule has 1 atom stereocenters. The first-order valence-corrected chi connectivity index (χ1v) is 14.8. The number of aryl methyl sites for hydroxylation is 2. The van der Waals surface area contributed by atoms with Crippen molar-refractivity contribution in [1.82, 2.24) is 4.57 Å². The first-order chi connectivity index (χ1) is 20.8. The van der Waals surface area contributed by atoms with Crippen LogP contribution in [0, 0.1) is 24.0 Å². The molecule has 3 heterocycles. The van der Waals surface area contributed by atoms with Gasteiger partial charge >= 0.3 is 0 Å². The lowest BCUT2D eigenvalue weighted by Gasteiger charge is -2.30. The van der Waals surface area contributed by atoms with E-state index in [4.69, 9.17) is 14.1 Å². The Kier molecular flexibility index (Phi) is 6.47. The largest absolute Gasteiger partial charge is 0.497 e. The SMILES string of the molecule is COc1ccc([C@H]2C3=C(N=c4s/c(=C\c5ccc(-c6cc(C)c(C)c([N+](=O)[O-])c6)o5)c(=O)n42)c2ccccc2CC3)cc1. The quantitative estimate of drug-likeness (QED) is 0.182. The number of rotatable bonds is 5. The number of methoxy groups -OCH3 is 1. The number of allylic oxidation sites excluding steroid dienone is 1. The Bertz CT molecular complexity index is 2150. The third-order valence-electron chi connectivity index (χ3n) is 8.33. The summed E-state index contributed by atoms with van der Waals surface area (Å²) in [6.45, 7) is 3.58. The number of hydrogen-bond acceptors (Lipinski definition) is 7. The zero-order chi connectivity index (χ0) is 29.8. The summed E-state index contributed by atoms with van der Waals surface area (Å²) in [5.74, 6) is 1.73. The number of nitrogens with zero attached hydrogens (tertiary/aromatic N) is 3. The summed E-state index contributed by atoms with van der Waals surface area (Å²) in [6, 6.07) is 22.8. The second-order valence-electron chi connectivity index (χ2n) is 10.8. The van der Waals surface area contributed by atoms with E-state index in [2.05, 4.69) is 18.2 Å². The van der Waals surface area contributed by atoms with Gasteiger partial charge in [-0.1, -0.05) is 47.7 Å². The van der Waals surface area contributed by atoms with Crippen molar-refractivity contribution in [2.75, 3.05) is 7.11 Å². The molecule has 9 heteroatoms. The number of nitro groups is 1. The minimum atomic E-state index is -0.381. The van der Waals surface area contributed by atoms with E-state index in [0.717, 1.165) is 46.6 Å². The Balaban J connectivity index is 1.36. The van der Waals surface area contributed by atoms with Gasteiger partial charge in [0.2, 0.25) is 0 Å². The zero-order valence-electron chi connectivity index (χ0n) is 23.8. The minimum Gasteiger partial charge on any atom is -0.497 e. The van der Waals surface area contributed by atoms with Gasteiger partial charge in [0, 0.05) is 28.8 Å². The molecule has 5 aromatic rings. The number of fused-ring (bicyclic) bond motifs is 3.